The monoisotopic (exact) mass is 298 g/mol. The standard InChI is InChI=1S/C16H14N2O2S/c19-13-8-9-21-14(13)16-17-15(18-20-16)12-7-3-5-10-4-1-2-6-11(10)12/h1-2,4,6,8-9,12,19H,3,5,7H2. The molecule has 0 fully saturated rings. The van der Waals surface area contributed by atoms with E-state index >= 15 is 0 Å². The maximum Gasteiger partial charge on any atom is 0.271 e. The highest BCUT2D eigenvalue weighted by atomic mass is 32.1. The van der Waals surface area contributed by atoms with Gasteiger partial charge >= 0.3 is 0 Å². The number of benzene rings is 1. The average Bonchev–Trinajstić information content (AvgIpc) is 3.15. The van der Waals surface area contributed by atoms with Gasteiger partial charge in [0.15, 0.2) is 5.82 Å². The average molecular weight is 298 g/mol. The molecule has 0 saturated heterocycles. The Morgan fingerprint density at radius 1 is 1.24 bits per heavy atom. The highest BCUT2D eigenvalue weighted by molar-refractivity contribution is 7.13. The van der Waals surface area contributed by atoms with Crippen LogP contribution in [0.25, 0.3) is 10.8 Å². The Morgan fingerprint density at radius 3 is 3.00 bits per heavy atom. The Balaban J connectivity index is 1.73. The van der Waals surface area contributed by atoms with Crippen molar-refractivity contribution in [1.29, 1.82) is 0 Å². The minimum atomic E-state index is 0.189. The Morgan fingerprint density at radius 2 is 2.14 bits per heavy atom. The van der Waals surface area contributed by atoms with Gasteiger partial charge in [-0.1, -0.05) is 29.4 Å². The zero-order valence-corrected chi connectivity index (χ0v) is 12.1. The van der Waals surface area contributed by atoms with Crippen LogP contribution in [0.2, 0.25) is 0 Å². The molecule has 5 heteroatoms. The second-order valence-electron chi connectivity index (χ2n) is 5.24. The molecule has 2 heterocycles. The summed E-state index contributed by atoms with van der Waals surface area (Å²) in [6, 6.07) is 10.1. The summed E-state index contributed by atoms with van der Waals surface area (Å²) >= 11 is 1.40. The summed E-state index contributed by atoms with van der Waals surface area (Å²) in [5.74, 6) is 1.50. The van der Waals surface area contributed by atoms with Gasteiger partial charge in [0.25, 0.3) is 5.89 Å². The Hall–Kier alpha value is -2.14. The van der Waals surface area contributed by atoms with E-state index in [1.807, 2.05) is 5.38 Å². The molecule has 1 atom stereocenters. The van der Waals surface area contributed by atoms with Gasteiger partial charge in [-0.2, -0.15) is 4.98 Å². The molecule has 0 bridgehead atoms. The molecule has 1 aliphatic carbocycles. The summed E-state index contributed by atoms with van der Waals surface area (Å²) in [7, 11) is 0. The topological polar surface area (TPSA) is 59.2 Å². The van der Waals surface area contributed by atoms with E-state index in [2.05, 4.69) is 34.4 Å². The van der Waals surface area contributed by atoms with Crippen LogP contribution in [0, 0.1) is 0 Å². The Labute approximate surface area is 126 Å². The van der Waals surface area contributed by atoms with Crippen molar-refractivity contribution in [3.8, 4) is 16.5 Å². The molecular weight excluding hydrogens is 284 g/mol. The summed E-state index contributed by atoms with van der Waals surface area (Å²) in [5, 5.41) is 15.7. The Kier molecular flexibility index (Phi) is 3.00. The molecule has 1 aliphatic rings. The molecule has 2 aromatic heterocycles. The first-order chi connectivity index (χ1) is 10.3. The third-order valence-corrected chi connectivity index (χ3v) is 4.85. The van der Waals surface area contributed by atoms with Gasteiger partial charge in [0.2, 0.25) is 0 Å². The van der Waals surface area contributed by atoms with Crippen LogP contribution in [0.1, 0.15) is 35.7 Å². The van der Waals surface area contributed by atoms with Crippen molar-refractivity contribution >= 4 is 11.3 Å². The molecule has 4 rings (SSSR count). The van der Waals surface area contributed by atoms with Gasteiger partial charge < -0.3 is 9.63 Å². The quantitative estimate of drug-likeness (QED) is 0.777. The largest absolute Gasteiger partial charge is 0.506 e. The van der Waals surface area contributed by atoms with E-state index in [-0.39, 0.29) is 11.7 Å². The maximum atomic E-state index is 9.76. The van der Waals surface area contributed by atoms with Crippen molar-refractivity contribution in [2.24, 2.45) is 0 Å². The molecule has 0 radical (unpaired) electrons. The first-order valence-corrected chi connectivity index (χ1v) is 7.89. The Bertz CT molecular complexity index is 778. The van der Waals surface area contributed by atoms with Crippen LogP contribution in [0.4, 0.5) is 0 Å². The fraction of sp³-hybridized carbons (Fsp3) is 0.250. The number of hydrogen-bond donors (Lipinski definition) is 1. The van der Waals surface area contributed by atoms with Crippen molar-refractivity contribution in [3.63, 3.8) is 0 Å². The molecular formula is C16H14N2O2S. The van der Waals surface area contributed by atoms with E-state index in [0.29, 0.717) is 16.6 Å². The second kappa shape index (κ2) is 5.00. The smallest absolute Gasteiger partial charge is 0.271 e. The van der Waals surface area contributed by atoms with E-state index in [1.165, 1.54) is 22.5 Å². The summed E-state index contributed by atoms with van der Waals surface area (Å²) in [6.07, 6.45) is 3.28. The van der Waals surface area contributed by atoms with Crippen molar-refractivity contribution in [1.82, 2.24) is 10.1 Å². The molecule has 106 valence electrons. The predicted octanol–water partition coefficient (Wildman–Crippen LogP) is 3.97. The highest BCUT2D eigenvalue weighted by Gasteiger charge is 2.26. The van der Waals surface area contributed by atoms with Crippen molar-refractivity contribution in [3.05, 3.63) is 52.7 Å². The molecule has 1 aromatic carbocycles. The van der Waals surface area contributed by atoms with Crippen LogP contribution in [0.3, 0.4) is 0 Å². The van der Waals surface area contributed by atoms with E-state index in [0.717, 1.165) is 19.3 Å². The fourth-order valence-electron chi connectivity index (χ4n) is 2.95. The van der Waals surface area contributed by atoms with Gasteiger partial charge in [-0.15, -0.1) is 11.3 Å². The van der Waals surface area contributed by atoms with Crippen LogP contribution < -0.4 is 0 Å². The van der Waals surface area contributed by atoms with Gasteiger partial charge in [0.05, 0.1) is 0 Å². The van der Waals surface area contributed by atoms with E-state index in [4.69, 9.17) is 4.52 Å². The number of rotatable bonds is 2. The number of fused-ring (bicyclic) bond motifs is 1. The number of aromatic nitrogens is 2. The number of hydrogen-bond acceptors (Lipinski definition) is 5. The predicted molar refractivity (Wildman–Crippen MR) is 80.5 cm³/mol. The number of aryl methyl sites for hydroxylation is 1. The van der Waals surface area contributed by atoms with Crippen LogP contribution in [0.5, 0.6) is 5.75 Å². The highest BCUT2D eigenvalue weighted by Crippen LogP contribution is 2.38. The first kappa shape index (κ1) is 12.6. The summed E-state index contributed by atoms with van der Waals surface area (Å²) < 4.78 is 5.35. The fourth-order valence-corrected chi connectivity index (χ4v) is 3.66. The lowest BCUT2D eigenvalue weighted by Gasteiger charge is -2.22. The van der Waals surface area contributed by atoms with Crippen LogP contribution >= 0.6 is 11.3 Å². The minimum absolute atomic E-state index is 0.189. The number of thiophene rings is 1. The van der Waals surface area contributed by atoms with Gasteiger partial charge in [-0.3, -0.25) is 0 Å². The lowest BCUT2D eigenvalue weighted by molar-refractivity contribution is 0.412. The third-order valence-electron chi connectivity index (χ3n) is 3.96. The molecule has 0 aliphatic heterocycles. The first-order valence-electron chi connectivity index (χ1n) is 7.01. The van der Waals surface area contributed by atoms with Gasteiger partial charge in [0, 0.05) is 5.92 Å². The summed E-state index contributed by atoms with van der Waals surface area (Å²) in [4.78, 5) is 5.15. The van der Waals surface area contributed by atoms with Crippen LogP contribution in [-0.2, 0) is 6.42 Å². The maximum absolute atomic E-state index is 9.76. The number of aromatic hydroxyl groups is 1. The lowest BCUT2D eigenvalue weighted by Crippen LogP contribution is -2.12. The van der Waals surface area contributed by atoms with Crippen molar-refractivity contribution in [2.45, 2.75) is 25.2 Å². The van der Waals surface area contributed by atoms with Crippen molar-refractivity contribution in [2.75, 3.05) is 0 Å². The van der Waals surface area contributed by atoms with Crippen molar-refractivity contribution < 1.29 is 9.63 Å². The van der Waals surface area contributed by atoms with Gasteiger partial charge in [0.1, 0.15) is 10.6 Å². The molecule has 0 amide bonds. The molecule has 21 heavy (non-hydrogen) atoms. The zero-order chi connectivity index (χ0) is 14.2. The summed E-state index contributed by atoms with van der Waals surface area (Å²) in [6.45, 7) is 0. The van der Waals surface area contributed by atoms with Gasteiger partial charge in [-0.05, 0) is 41.8 Å². The summed E-state index contributed by atoms with van der Waals surface area (Å²) in [5.41, 5.74) is 2.67. The lowest BCUT2D eigenvalue weighted by atomic mass is 9.82. The minimum Gasteiger partial charge on any atom is -0.506 e. The number of nitrogens with zero attached hydrogens (tertiary/aromatic N) is 2. The molecule has 1 unspecified atom stereocenters. The van der Waals surface area contributed by atoms with E-state index in [1.54, 1.807) is 6.07 Å². The molecule has 1 N–H and O–H groups in total. The van der Waals surface area contributed by atoms with Gasteiger partial charge in [-0.25, -0.2) is 0 Å². The van der Waals surface area contributed by atoms with E-state index in [9.17, 15) is 5.11 Å². The second-order valence-corrected chi connectivity index (χ2v) is 6.15. The molecule has 3 aromatic rings. The third kappa shape index (κ3) is 2.14. The van der Waals surface area contributed by atoms with E-state index < -0.39 is 0 Å². The van der Waals surface area contributed by atoms with Crippen LogP contribution in [-0.4, -0.2) is 15.2 Å². The molecule has 0 spiro atoms. The molecule has 0 saturated carbocycles. The van der Waals surface area contributed by atoms with Crippen LogP contribution in [0.15, 0.2) is 40.2 Å². The molecule has 4 nitrogen and oxygen atoms in total. The zero-order valence-electron chi connectivity index (χ0n) is 11.3. The normalized spacial score (nSPS) is 17.6. The SMILES string of the molecule is Oc1ccsc1-c1nc(C2CCCc3ccccc32)no1.